The molecule has 2 rings (SSSR count). The van der Waals surface area contributed by atoms with Gasteiger partial charge in [-0.25, -0.2) is 0 Å². The van der Waals surface area contributed by atoms with Crippen molar-refractivity contribution in [1.82, 2.24) is 15.4 Å². The number of amides is 1. The first-order chi connectivity index (χ1) is 10.7. The van der Waals surface area contributed by atoms with Gasteiger partial charge in [0.15, 0.2) is 0 Å². The number of hydrogen-bond donors (Lipinski definition) is 1. The van der Waals surface area contributed by atoms with Crippen molar-refractivity contribution in [2.45, 2.75) is 13.8 Å². The van der Waals surface area contributed by atoms with Crippen LogP contribution < -0.4 is 10.2 Å². The van der Waals surface area contributed by atoms with Gasteiger partial charge in [0, 0.05) is 23.8 Å². The van der Waals surface area contributed by atoms with Crippen molar-refractivity contribution in [2.24, 2.45) is 0 Å². The first kappa shape index (κ1) is 16.0. The third-order valence-corrected chi connectivity index (χ3v) is 3.48. The molecule has 0 atom stereocenters. The van der Waals surface area contributed by atoms with Crippen LogP contribution in [0.4, 0.5) is 0 Å². The zero-order chi connectivity index (χ0) is 15.9. The fourth-order valence-electron chi connectivity index (χ4n) is 2.18. The second-order valence-corrected chi connectivity index (χ2v) is 4.78. The van der Waals surface area contributed by atoms with Crippen LogP contribution in [0.3, 0.4) is 0 Å². The van der Waals surface area contributed by atoms with E-state index in [0.717, 1.165) is 19.6 Å². The summed E-state index contributed by atoms with van der Waals surface area (Å²) in [5, 5.41) is 18.1. The summed E-state index contributed by atoms with van der Waals surface area (Å²) in [6, 6.07) is 9.00. The lowest BCUT2D eigenvalue weighted by atomic mass is 10.1. The van der Waals surface area contributed by atoms with Crippen LogP contribution in [0.15, 0.2) is 35.0 Å². The van der Waals surface area contributed by atoms with Crippen LogP contribution in [0.1, 0.15) is 24.3 Å². The summed E-state index contributed by atoms with van der Waals surface area (Å²) in [5.41, 5.74) is 0.788. The molecule has 0 unspecified atom stereocenters. The molecule has 1 aromatic carbocycles. The van der Waals surface area contributed by atoms with Crippen molar-refractivity contribution < 1.29 is 14.3 Å². The highest BCUT2D eigenvalue weighted by Gasteiger charge is 2.27. The van der Waals surface area contributed by atoms with Crippen LogP contribution in [0.25, 0.3) is 11.3 Å². The van der Waals surface area contributed by atoms with E-state index in [9.17, 15) is 10.0 Å². The van der Waals surface area contributed by atoms with E-state index in [1.54, 1.807) is 24.3 Å². The van der Waals surface area contributed by atoms with Gasteiger partial charge < -0.3 is 15.4 Å². The van der Waals surface area contributed by atoms with Gasteiger partial charge in [-0.05, 0) is 18.0 Å². The minimum atomic E-state index is -0.484. The van der Waals surface area contributed by atoms with Gasteiger partial charge in [-0.1, -0.05) is 44.2 Å². The molecular weight excluding hydrogens is 284 g/mol. The van der Waals surface area contributed by atoms with Crippen LogP contribution in [0.5, 0.6) is 0 Å². The normalized spacial score (nSPS) is 10.9. The minimum absolute atomic E-state index is 0.120. The highest BCUT2D eigenvalue weighted by molar-refractivity contribution is 5.96. The molecule has 0 spiro atoms. The first-order valence-corrected chi connectivity index (χ1v) is 7.33. The molecule has 0 bridgehead atoms. The molecular formula is C15H20N4O3. The van der Waals surface area contributed by atoms with Gasteiger partial charge in [-0.15, -0.1) is 0 Å². The molecule has 0 radical (unpaired) electrons. The fourth-order valence-corrected chi connectivity index (χ4v) is 2.18. The zero-order valence-electron chi connectivity index (χ0n) is 12.8. The molecule has 2 aromatic rings. The summed E-state index contributed by atoms with van der Waals surface area (Å²) in [7, 11) is 0. The van der Waals surface area contributed by atoms with Crippen molar-refractivity contribution in [3.8, 4) is 11.3 Å². The number of benzene rings is 1. The predicted molar refractivity (Wildman–Crippen MR) is 81.0 cm³/mol. The van der Waals surface area contributed by atoms with E-state index in [1.165, 1.54) is 0 Å². The lowest BCUT2D eigenvalue weighted by molar-refractivity contribution is -0.803. The summed E-state index contributed by atoms with van der Waals surface area (Å²) in [6.45, 7) is 7.13. The number of hydrogen-bond acceptors (Lipinski definition) is 5. The molecule has 0 fully saturated rings. The molecule has 0 aliphatic rings. The maximum absolute atomic E-state index is 12.2. The number of carbonyl (C=O) groups is 1. The number of rotatable bonds is 7. The lowest BCUT2D eigenvalue weighted by Gasteiger charge is -2.17. The van der Waals surface area contributed by atoms with Gasteiger partial charge in [0.25, 0.3) is 17.3 Å². The van der Waals surface area contributed by atoms with Crippen LogP contribution in [-0.4, -0.2) is 42.1 Å². The maximum atomic E-state index is 12.2. The van der Waals surface area contributed by atoms with Gasteiger partial charge in [-0.3, -0.25) is 9.42 Å². The molecule has 1 amide bonds. The standard InChI is InChI=1S/C15H20N4O3/c1-3-18(4-2)11-10-16-15(20)14-13(17-22-19(14)21)12-8-6-5-7-9-12/h5-9H,3-4,10-11H2,1-2H3,(H,16,20). The number of nitrogens with zero attached hydrogens (tertiary/aromatic N) is 3. The molecule has 7 nitrogen and oxygen atoms in total. The Labute approximate surface area is 129 Å². The Kier molecular flexibility index (Phi) is 5.48. The topological polar surface area (TPSA) is 85.3 Å². The summed E-state index contributed by atoms with van der Waals surface area (Å²) in [5.74, 6) is -0.484. The summed E-state index contributed by atoms with van der Waals surface area (Å²) in [6.07, 6.45) is 0. The zero-order valence-corrected chi connectivity index (χ0v) is 12.8. The Morgan fingerprint density at radius 1 is 1.32 bits per heavy atom. The van der Waals surface area contributed by atoms with Crippen molar-refractivity contribution in [3.63, 3.8) is 0 Å². The van der Waals surface area contributed by atoms with E-state index >= 15 is 0 Å². The SMILES string of the molecule is CCN(CC)CCNC(=O)c1c(-c2ccccc2)no[n+]1[O-]. The van der Waals surface area contributed by atoms with Crippen LogP contribution in [0.2, 0.25) is 0 Å². The molecule has 0 aliphatic heterocycles. The average Bonchev–Trinajstić information content (AvgIpc) is 2.94. The number of aromatic nitrogens is 2. The van der Waals surface area contributed by atoms with Gasteiger partial charge in [-0.2, -0.15) is 0 Å². The Hall–Kier alpha value is -2.41. The third-order valence-electron chi connectivity index (χ3n) is 3.48. The van der Waals surface area contributed by atoms with Crippen molar-refractivity contribution >= 4 is 5.91 Å². The van der Waals surface area contributed by atoms with E-state index in [4.69, 9.17) is 0 Å². The lowest BCUT2D eigenvalue weighted by Crippen LogP contribution is -2.40. The van der Waals surface area contributed by atoms with Crippen LogP contribution in [0, 0.1) is 5.21 Å². The minimum Gasteiger partial charge on any atom is -0.359 e. The molecule has 0 saturated carbocycles. The second-order valence-electron chi connectivity index (χ2n) is 4.78. The molecule has 7 heteroatoms. The van der Waals surface area contributed by atoms with Crippen molar-refractivity contribution in [1.29, 1.82) is 0 Å². The van der Waals surface area contributed by atoms with Crippen LogP contribution >= 0.6 is 0 Å². The Morgan fingerprint density at radius 2 is 2.00 bits per heavy atom. The highest BCUT2D eigenvalue weighted by atomic mass is 16.8. The average molecular weight is 304 g/mol. The molecule has 0 saturated heterocycles. The Morgan fingerprint density at radius 3 is 2.64 bits per heavy atom. The van der Waals surface area contributed by atoms with Gasteiger partial charge in [0.05, 0.1) is 0 Å². The molecule has 1 N–H and O–H groups in total. The van der Waals surface area contributed by atoms with E-state index in [0.29, 0.717) is 12.1 Å². The smallest absolute Gasteiger partial charge is 0.300 e. The molecule has 22 heavy (non-hydrogen) atoms. The predicted octanol–water partition coefficient (Wildman–Crippen LogP) is 1.05. The summed E-state index contributed by atoms with van der Waals surface area (Å²) >= 11 is 0. The highest BCUT2D eigenvalue weighted by Crippen LogP contribution is 2.18. The van der Waals surface area contributed by atoms with Gasteiger partial charge in [0.2, 0.25) is 0 Å². The second kappa shape index (κ2) is 7.56. The fraction of sp³-hybridized carbons (Fsp3) is 0.400. The first-order valence-electron chi connectivity index (χ1n) is 7.33. The number of nitrogens with one attached hydrogen (secondary N) is 1. The summed E-state index contributed by atoms with van der Waals surface area (Å²) in [4.78, 5) is 14.6. The van der Waals surface area contributed by atoms with E-state index in [-0.39, 0.29) is 16.3 Å². The van der Waals surface area contributed by atoms with Crippen molar-refractivity contribution in [3.05, 3.63) is 41.2 Å². The Balaban J connectivity index is 2.09. The molecule has 1 aromatic heterocycles. The van der Waals surface area contributed by atoms with Crippen molar-refractivity contribution in [2.75, 3.05) is 26.2 Å². The van der Waals surface area contributed by atoms with E-state index in [1.807, 2.05) is 6.07 Å². The quantitative estimate of drug-likeness (QED) is 0.773. The van der Waals surface area contributed by atoms with Crippen LogP contribution in [-0.2, 0) is 0 Å². The van der Waals surface area contributed by atoms with Gasteiger partial charge >= 0.3 is 0 Å². The summed E-state index contributed by atoms with van der Waals surface area (Å²) < 4.78 is 4.58. The third kappa shape index (κ3) is 3.62. The molecule has 118 valence electrons. The number of likely N-dealkylation sites (N-methyl/N-ethyl adjacent to an activating group) is 1. The van der Waals surface area contributed by atoms with Gasteiger partial charge in [0.1, 0.15) is 0 Å². The monoisotopic (exact) mass is 304 g/mol. The largest absolute Gasteiger partial charge is 0.359 e. The Bertz CT molecular complexity index is 609. The molecule has 0 aliphatic carbocycles. The van der Waals surface area contributed by atoms with E-state index in [2.05, 4.69) is 33.8 Å². The molecule has 1 heterocycles. The maximum Gasteiger partial charge on any atom is 0.300 e. The van der Waals surface area contributed by atoms with E-state index < -0.39 is 5.91 Å². The number of carbonyl (C=O) groups excluding carboxylic acids is 1.